The van der Waals surface area contributed by atoms with Crippen LogP contribution >= 0.6 is 0 Å². The highest BCUT2D eigenvalue weighted by atomic mass is 16.4. The number of carbonyl (C=O) groups excluding carboxylic acids is 3. The Morgan fingerprint density at radius 1 is 1.12 bits per heavy atom. The Morgan fingerprint density at radius 2 is 1.76 bits per heavy atom. The van der Waals surface area contributed by atoms with Crippen LogP contribution in [0.25, 0.3) is 0 Å². The van der Waals surface area contributed by atoms with Gasteiger partial charge in [0.2, 0.25) is 11.8 Å². The number of nitrogens with zero attached hydrogens (tertiary/aromatic N) is 2. The molecule has 2 bridgehead atoms. The fraction of sp³-hybridized carbons (Fsp3) is 0.583. The number of benzene rings is 1. The van der Waals surface area contributed by atoms with E-state index in [1.165, 1.54) is 6.92 Å². The highest BCUT2D eigenvalue weighted by molar-refractivity contribution is 5.94. The Balaban J connectivity index is 0.000000709. The summed E-state index contributed by atoms with van der Waals surface area (Å²) in [5.74, 6) is -0.192. The van der Waals surface area contributed by atoms with E-state index < -0.39 is 5.97 Å². The van der Waals surface area contributed by atoms with Gasteiger partial charge in [0, 0.05) is 58.1 Å². The van der Waals surface area contributed by atoms with Gasteiger partial charge in [0.15, 0.2) is 0 Å². The van der Waals surface area contributed by atoms with Gasteiger partial charge in [0.05, 0.1) is 6.04 Å². The van der Waals surface area contributed by atoms with Gasteiger partial charge in [-0.15, -0.1) is 0 Å². The van der Waals surface area contributed by atoms with Crippen LogP contribution in [0.5, 0.6) is 0 Å². The van der Waals surface area contributed by atoms with Gasteiger partial charge in [0.25, 0.3) is 11.9 Å². The molecule has 180 valence electrons. The van der Waals surface area contributed by atoms with Crippen molar-refractivity contribution in [3.05, 3.63) is 35.4 Å². The summed E-state index contributed by atoms with van der Waals surface area (Å²) in [6.45, 7) is 4.81. The van der Waals surface area contributed by atoms with E-state index in [1.807, 2.05) is 29.2 Å². The van der Waals surface area contributed by atoms with Crippen molar-refractivity contribution in [2.24, 2.45) is 17.6 Å². The lowest BCUT2D eigenvalue weighted by atomic mass is 9.72. The van der Waals surface area contributed by atoms with E-state index in [4.69, 9.17) is 15.6 Å². The quantitative estimate of drug-likeness (QED) is 0.621. The third-order valence-corrected chi connectivity index (χ3v) is 6.78. The van der Waals surface area contributed by atoms with Crippen LogP contribution in [-0.4, -0.2) is 70.3 Å². The average Bonchev–Trinajstić information content (AvgIpc) is 2.78. The first kappa shape index (κ1) is 24.7. The van der Waals surface area contributed by atoms with Crippen LogP contribution in [0.15, 0.2) is 24.3 Å². The molecule has 1 aromatic rings. The van der Waals surface area contributed by atoms with Gasteiger partial charge < -0.3 is 26.0 Å². The van der Waals surface area contributed by atoms with E-state index in [2.05, 4.69) is 10.2 Å². The third kappa shape index (κ3) is 5.90. The molecule has 4 rings (SSSR count). The number of likely N-dealkylation sites (tertiary alicyclic amines) is 1. The number of nitrogens with one attached hydrogen (secondary N) is 1. The zero-order valence-electron chi connectivity index (χ0n) is 19.3. The van der Waals surface area contributed by atoms with Crippen LogP contribution in [0.4, 0.5) is 0 Å². The Hall–Kier alpha value is -2.94. The molecule has 3 aliphatic heterocycles. The fourth-order valence-corrected chi connectivity index (χ4v) is 5.42. The summed E-state index contributed by atoms with van der Waals surface area (Å²) < 4.78 is 0. The monoisotopic (exact) mass is 458 g/mol. The molecule has 3 saturated heterocycles. The molecule has 0 aromatic heterocycles. The molecular weight excluding hydrogens is 424 g/mol. The summed E-state index contributed by atoms with van der Waals surface area (Å²) in [5.41, 5.74) is 7.34. The van der Waals surface area contributed by atoms with Crippen LogP contribution < -0.4 is 11.1 Å². The highest BCUT2D eigenvalue weighted by Crippen LogP contribution is 2.41. The van der Waals surface area contributed by atoms with Gasteiger partial charge in [0.1, 0.15) is 0 Å². The Labute approximate surface area is 194 Å². The Kier molecular flexibility index (Phi) is 8.07. The molecule has 3 aliphatic rings. The van der Waals surface area contributed by atoms with E-state index in [-0.39, 0.29) is 35.7 Å². The fourth-order valence-electron chi connectivity index (χ4n) is 5.42. The first-order chi connectivity index (χ1) is 15.7. The second-order valence-electron chi connectivity index (χ2n) is 9.15. The van der Waals surface area contributed by atoms with Crippen molar-refractivity contribution in [1.82, 2.24) is 15.1 Å². The van der Waals surface area contributed by atoms with E-state index >= 15 is 0 Å². The molecule has 9 nitrogen and oxygen atoms in total. The molecule has 0 saturated carbocycles. The molecule has 1 aromatic carbocycles. The van der Waals surface area contributed by atoms with Crippen molar-refractivity contribution in [2.75, 3.05) is 19.6 Å². The lowest BCUT2D eigenvalue weighted by Gasteiger charge is -2.56. The van der Waals surface area contributed by atoms with Gasteiger partial charge >= 0.3 is 0 Å². The highest BCUT2D eigenvalue weighted by Gasteiger charge is 2.50. The minimum atomic E-state index is -0.833. The molecule has 9 heteroatoms. The largest absolute Gasteiger partial charge is 0.481 e. The lowest BCUT2D eigenvalue weighted by Crippen LogP contribution is -2.67. The minimum absolute atomic E-state index is 0.0387. The van der Waals surface area contributed by atoms with Gasteiger partial charge in [-0.3, -0.25) is 19.2 Å². The number of carboxylic acid groups (broad SMARTS) is 1. The van der Waals surface area contributed by atoms with E-state index in [0.29, 0.717) is 44.1 Å². The van der Waals surface area contributed by atoms with Gasteiger partial charge in [-0.05, 0) is 48.8 Å². The number of rotatable bonds is 4. The van der Waals surface area contributed by atoms with Crippen LogP contribution in [-0.2, 0) is 20.9 Å². The SMILES string of the molecule is CC(=O)NC[C@H]1[C@H]2C[C@H](CN(C(=O)c3ccc(CN)cc3)C2)[C@@H]2CCCC(=O)N21.CC(=O)O. The summed E-state index contributed by atoms with van der Waals surface area (Å²) in [6.07, 6.45) is 3.48. The Morgan fingerprint density at radius 3 is 2.36 bits per heavy atom. The van der Waals surface area contributed by atoms with Crippen molar-refractivity contribution >= 4 is 23.7 Å². The number of carbonyl (C=O) groups is 4. The second kappa shape index (κ2) is 10.8. The Bertz CT molecular complexity index is 883. The maximum atomic E-state index is 13.2. The summed E-state index contributed by atoms with van der Waals surface area (Å²) in [7, 11) is 0. The number of hydrogen-bond acceptors (Lipinski definition) is 5. The lowest BCUT2D eigenvalue weighted by molar-refractivity contribution is -0.152. The maximum absolute atomic E-state index is 13.2. The molecule has 3 heterocycles. The number of hydrogen-bond donors (Lipinski definition) is 3. The predicted molar refractivity (Wildman–Crippen MR) is 122 cm³/mol. The van der Waals surface area contributed by atoms with E-state index in [1.54, 1.807) is 0 Å². The first-order valence-electron chi connectivity index (χ1n) is 11.5. The second-order valence-corrected chi connectivity index (χ2v) is 9.15. The molecule has 0 spiro atoms. The smallest absolute Gasteiger partial charge is 0.300 e. The number of nitrogens with two attached hydrogens (primary N) is 1. The van der Waals surface area contributed by atoms with Crippen molar-refractivity contribution in [2.45, 2.75) is 58.2 Å². The van der Waals surface area contributed by atoms with Crippen molar-refractivity contribution in [1.29, 1.82) is 0 Å². The number of piperidine rings is 3. The van der Waals surface area contributed by atoms with Crippen LogP contribution in [0, 0.1) is 11.8 Å². The molecule has 3 fully saturated rings. The molecule has 0 aliphatic carbocycles. The molecule has 4 N–H and O–H groups in total. The van der Waals surface area contributed by atoms with E-state index in [9.17, 15) is 14.4 Å². The van der Waals surface area contributed by atoms with E-state index in [0.717, 1.165) is 31.7 Å². The van der Waals surface area contributed by atoms with Crippen LogP contribution in [0.3, 0.4) is 0 Å². The van der Waals surface area contributed by atoms with Gasteiger partial charge in [-0.2, -0.15) is 0 Å². The van der Waals surface area contributed by atoms with Crippen LogP contribution in [0.2, 0.25) is 0 Å². The van der Waals surface area contributed by atoms with Crippen LogP contribution in [0.1, 0.15) is 55.5 Å². The molecular formula is C24H34N4O5. The van der Waals surface area contributed by atoms with Gasteiger partial charge in [-0.25, -0.2) is 0 Å². The zero-order chi connectivity index (χ0) is 24.1. The molecule has 0 unspecified atom stereocenters. The summed E-state index contributed by atoms with van der Waals surface area (Å²) in [4.78, 5) is 50.4. The number of carboxylic acids is 1. The summed E-state index contributed by atoms with van der Waals surface area (Å²) in [5, 5.41) is 10.3. The molecule has 4 atom stereocenters. The normalized spacial score (nSPS) is 26.0. The first-order valence-corrected chi connectivity index (χ1v) is 11.5. The average molecular weight is 459 g/mol. The maximum Gasteiger partial charge on any atom is 0.300 e. The topological polar surface area (TPSA) is 133 Å². The number of fused-ring (bicyclic) bond motifs is 4. The minimum Gasteiger partial charge on any atom is -0.481 e. The number of aliphatic carboxylic acids is 1. The van der Waals surface area contributed by atoms with Crippen molar-refractivity contribution in [3.63, 3.8) is 0 Å². The molecule has 0 radical (unpaired) electrons. The third-order valence-electron chi connectivity index (χ3n) is 6.78. The standard InChI is InChI=1S/C22H30N4O3.C2H4O2/c1-14(27)24-11-20-18-9-17(19-3-2-4-21(28)26(19)20)12-25(13-18)22(29)16-7-5-15(10-23)6-8-16;1-2(3)4/h5-8,17-20H,2-4,9-13,23H2,1H3,(H,24,27);1H3,(H,3,4)/t17-,18+,19+,20+;/m1./s1. The predicted octanol–water partition coefficient (Wildman–Crippen LogP) is 1.21. The van der Waals surface area contributed by atoms with Crippen molar-refractivity contribution < 1.29 is 24.3 Å². The zero-order valence-corrected chi connectivity index (χ0v) is 19.3. The summed E-state index contributed by atoms with van der Waals surface area (Å²) >= 11 is 0. The molecule has 33 heavy (non-hydrogen) atoms. The van der Waals surface area contributed by atoms with Gasteiger partial charge in [-0.1, -0.05) is 12.1 Å². The van der Waals surface area contributed by atoms with Crippen molar-refractivity contribution in [3.8, 4) is 0 Å². The molecule has 3 amide bonds. The summed E-state index contributed by atoms with van der Waals surface area (Å²) in [6, 6.07) is 7.63. The number of amides is 3.